The Hall–Kier alpha value is -5.88. The molecule has 5 aromatic carbocycles. The second-order valence-electron chi connectivity index (χ2n) is 15.3. The molecule has 9 rings (SSSR count). The van der Waals surface area contributed by atoms with Gasteiger partial charge in [0.05, 0.1) is 38.8 Å². The zero-order chi connectivity index (χ0) is 34.4. The molecular formula is C44H39N5O. The molecule has 0 amide bonds. The highest BCUT2D eigenvalue weighted by Gasteiger charge is 2.22. The van der Waals surface area contributed by atoms with Crippen molar-refractivity contribution in [1.82, 2.24) is 23.5 Å². The average Bonchev–Trinajstić information content (AvgIpc) is 3.74. The molecule has 0 radical (unpaired) electrons. The van der Waals surface area contributed by atoms with Crippen LogP contribution in [0.15, 0.2) is 128 Å². The van der Waals surface area contributed by atoms with Crippen LogP contribution in [-0.4, -0.2) is 23.5 Å². The second kappa shape index (κ2) is 10.8. The van der Waals surface area contributed by atoms with Crippen molar-refractivity contribution >= 4 is 49.7 Å². The van der Waals surface area contributed by atoms with E-state index in [1.54, 1.807) is 0 Å². The Kier molecular flexibility index (Phi) is 6.53. The Morgan fingerprint density at radius 2 is 1.24 bits per heavy atom. The largest absolute Gasteiger partial charge is 0.457 e. The van der Waals surface area contributed by atoms with Crippen molar-refractivity contribution in [1.29, 1.82) is 0 Å². The standard InChI is InChI=1S/C44H39N5O/c1-43(2,3)28-18-21-38-40(24-28)47(42-46-35-15-8-10-17-37(35)49(38)42)30-12-11-13-31(26-30)50-32-19-20-34-33-14-7-9-16-36(33)48(39(34)27-32)41-25-29(22-23-45-41)44(4,5)6/h7-27H,1-6H3. The Morgan fingerprint density at radius 1 is 0.520 bits per heavy atom. The van der Waals surface area contributed by atoms with Crippen LogP contribution in [0.4, 0.5) is 0 Å². The Morgan fingerprint density at radius 3 is 2.06 bits per heavy atom. The quantitative estimate of drug-likeness (QED) is 0.190. The Bertz CT molecular complexity index is 2760. The number of ether oxygens (including phenoxy) is 1. The summed E-state index contributed by atoms with van der Waals surface area (Å²) in [6.45, 7) is 13.5. The van der Waals surface area contributed by atoms with Crippen molar-refractivity contribution in [3.63, 3.8) is 0 Å². The SMILES string of the molecule is CC(C)(C)c1ccnc(-n2c3ccccc3c3ccc(Oc4cccc(-n5c6cc(C(C)(C)C)ccc6n6c7ccccc7nc56)c4)cc32)c1. The van der Waals surface area contributed by atoms with Gasteiger partial charge in [-0.25, -0.2) is 9.97 Å². The monoisotopic (exact) mass is 653 g/mol. The van der Waals surface area contributed by atoms with Crippen LogP contribution in [0.2, 0.25) is 0 Å². The number of benzene rings is 5. The normalized spacial score (nSPS) is 12.6. The lowest BCUT2D eigenvalue weighted by molar-refractivity contribution is 0.483. The van der Waals surface area contributed by atoms with Crippen LogP contribution in [-0.2, 0) is 10.8 Å². The number of para-hydroxylation sites is 3. The minimum atomic E-state index is 0.00308. The molecule has 0 atom stereocenters. The van der Waals surface area contributed by atoms with Crippen LogP contribution in [0, 0.1) is 0 Å². The lowest BCUT2D eigenvalue weighted by Crippen LogP contribution is -2.12. The maximum Gasteiger partial charge on any atom is 0.220 e. The predicted octanol–water partition coefficient (Wildman–Crippen LogP) is 11.3. The number of hydrogen-bond acceptors (Lipinski definition) is 3. The molecule has 0 bridgehead atoms. The minimum Gasteiger partial charge on any atom is -0.457 e. The van der Waals surface area contributed by atoms with E-state index in [-0.39, 0.29) is 10.8 Å². The molecule has 0 spiro atoms. The third-order valence-corrected chi connectivity index (χ3v) is 9.86. The summed E-state index contributed by atoms with van der Waals surface area (Å²) in [7, 11) is 0. The molecule has 246 valence electrons. The van der Waals surface area contributed by atoms with E-state index in [0.717, 1.165) is 67.3 Å². The number of aromatic nitrogens is 5. The van der Waals surface area contributed by atoms with Crippen molar-refractivity contribution in [3.8, 4) is 23.0 Å². The number of hydrogen-bond donors (Lipinski definition) is 0. The molecule has 0 saturated carbocycles. The molecule has 9 aromatic rings. The fourth-order valence-corrected chi connectivity index (χ4v) is 7.21. The molecule has 0 saturated heterocycles. The van der Waals surface area contributed by atoms with Gasteiger partial charge in [0, 0.05) is 29.1 Å². The lowest BCUT2D eigenvalue weighted by atomic mass is 9.87. The van der Waals surface area contributed by atoms with Gasteiger partial charge in [0.25, 0.3) is 0 Å². The fourth-order valence-electron chi connectivity index (χ4n) is 7.21. The van der Waals surface area contributed by atoms with Crippen LogP contribution < -0.4 is 4.74 Å². The van der Waals surface area contributed by atoms with E-state index in [0.29, 0.717) is 0 Å². The van der Waals surface area contributed by atoms with Gasteiger partial charge in [-0.15, -0.1) is 0 Å². The number of pyridine rings is 1. The van der Waals surface area contributed by atoms with Crippen LogP contribution in [0.5, 0.6) is 11.5 Å². The van der Waals surface area contributed by atoms with Crippen molar-refractivity contribution in [2.24, 2.45) is 0 Å². The molecule has 0 fully saturated rings. The second-order valence-corrected chi connectivity index (χ2v) is 15.3. The van der Waals surface area contributed by atoms with E-state index < -0.39 is 0 Å². The van der Waals surface area contributed by atoms with E-state index in [1.807, 2.05) is 18.3 Å². The molecule has 6 nitrogen and oxygen atoms in total. The van der Waals surface area contributed by atoms with Gasteiger partial charge in [-0.1, -0.05) is 84.0 Å². The summed E-state index contributed by atoms with van der Waals surface area (Å²) < 4.78 is 13.4. The summed E-state index contributed by atoms with van der Waals surface area (Å²) in [4.78, 5) is 9.97. The summed E-state index contributed by atoms with van der Waals surface area (Å²) >= 11 is 0. The molecule has 4 aromatic heterocycles. The third-order valence-electron chi connectivity index (χ3n) is 9.86. The highest BCUT2D eigenvalue weighted by molar-refractivity contribution is 6.09. The van der Waals surface area contributed by atoms with Crippen molar-refractivity contribution in [3.05, 3.63) is 139 Å². The van der Waals surface area contributed by atoms with Gasteiger partial charge in [0.1, 0.15) is 17.3 Å². The molecular weight excluding hydrogens is 615 g/mol. The van der Waals surface area contributed by atoms with Crippen molar-refractivity contribution in [2.45, 2.75) is 52.4 Å². The predicted molar refractivity (Wildman–Crippen MR) is 206 cm³/mol. The minimum absolute atomic E-state index is 0.00308. The first kappa shape index (κ1) is 30.2. The van der Waals surface area contributed by atoms with Crippen LogP contribution in [0.1, 0.15) is 52.7 Å². The third kappa shape index (κ3) is 4.78. The Balaban J connectivity index is 1.18. The first-order valence-corrected chi connectivity index (χ1v) is 17.3. The smallest absolute Gasteiger partial charge is 0.220 e. The first-order valence-electron chi connectivity index (χ1n) is 17.3. The van der Waals surface area contributed by atoms with Crippen LogP contribution in [0.3, 0.4) is 0 Å². The van der Waals surface area contributed by atoms with E-state index in [2.05, 4.69) is 164 Å². The molecule has 0 unspecified atom stereocenters. The molecule has 6 heteroatoms. The number of fused-ring (bicyclic) bond motifs is 8. The maximum atomic E-state index is 6.68. The number of nitrogens with zero attached hydrogens (tertiary/aromatic N) is 5. The molecule has 0 aliphatic carbocycles. The van der Waals surface area contributed by atoms with Gasteiger partial charge >= 0.3 is 0 Å². The van der Waals surface area contributed by atoms with Crippen molar-refractivity contribution < 1.29 is 4.74 Å². The van der Waals surface area contributed by atoms with E-state index in [1.165, 1.54) is 16.5 Å². The van der Waals surface area contributed by atoms with Gasteiger partial charge in [-0.05, 0) is 88.7 Å². The summed E-state index contributed by atoms with van der Waals surface area (Å²) in [5.74, 6) is 3.28. The summed E-state index contributed by atoms with van der Waals surface area (Å²) in [6.07, 6.45) is 1.91. The topological polar surface area (TPSA) is 49.3 Å². The van der Waals surface area contributed by atoms with Gasteiger partial charge in [0.2, 0.25) is 5.78 Å². The molecule has 50 heavy (non-hydrogen) atoms. The van der Waals surface area contributed by atoms with Gasteiger partial charge < -0.3 is 4.74 Å². The maximum absolute atomic E-state index is 6.68. The van der Waals surface area contributed by atoms with E-state index in [9.17, 15) is 0 Å². The molecule has 4 heterocycles. The first-order chi connectivity index (χ1) is 24.0. The summed E-state index contributed by atoms with van der Waals surface area (Å²) in [5, 5.41) is 2.34. The number of imidazole rings is 2. The zero-order valence-electron chi connectivity index (χ0n) is 29.3. The van der Waals surface area contributed by atoms with Gasteiger partial charge in [-0.2, -0.15) is 0 Å². The highest BCUT2D eigenvalue weighted by atomic mass is 16.5. The lowest BCUT2D eigenvalue weighted by Gasteiger charge is -2.20. The van der Waals surface area contributed by atoms with E-state index in [4.69, 9.17) is 14.7 Å². The molecule has 0 aliphatic heterocycles. The van der Waals surface area contributed by atoms with Gasteiger partial charge in [0.15, 0.2) is 0 Å². The van der Waals surface area contributed by atoms with Gasteiger partial charge in [-0.3, -0.25) is 13.5 Å². The molecule has 0 aliphatic rings. The van der Waals surface area contributed by atoms with Crippen LogP contribution >= 0.6 is 0 Å². The summed E-state index contributed by atoms with van der Waals surface area (Å²) in [5.41, 5.74) is 9.97. The summed E-state index contributed by atoms with van der Waals surface area (Å²) in [6, 6.07) is 42.6. The average molecular weight is 654 g/mol. The zero-order valence-corrected chi connectivity index (χ0v) is 29.3. The Labute approximate surface area is 291 Å². The number of rotatable bonds is 4. The highest BCUT2D eigenvalue weighted by Crippen LogP contribution is 2.37. The van der Waals surface area contributed by atoms with Crippen molar-refractivity contribution in [2.75, 3.05) is 0 Å². The van der Waals surface area contributed by atoms with E-state index >= 15 is 0 Å². The molecule has 0 N–H and O–H groups in total. The van der Waals surface area contributed by atoms with Crippen LogP contribution in [0.25, 0.3) is 61.2 Å². The fraction of sp³-hybridized carbons (Fsp3) is 0.182.